The zero-order chi connectivity index (χ0) is 15.4. The Hall–Kier alpha value is -2.92. The van der Waals surface area contributed by atoms with Gasteiger partial charge in [-0.15, -0.1) is 11.3 Å². The maximum atomic E-state index is 13.4. The minimum atomic E-state index is -1.17. The van der Waals surface area contributed by atoms with Crippen LogP contribution in [-0.4, -0.2) is 17.1 Å². The number of thiophene rings is 1. The summed E-state index contributed by atoms with van der Waals surface area (Å²) in [5.74, 6) is -1.92. The zero-order valence-corrected chi connectivity index (χ0v) is 11.2. The molecule has 0 spiro atoms. The molecule has 0 aliphatic carbocycles. The molecule has 0 unspecified atom stereocenters. The molecule has 0 saturated carbocycles. The molecule has 2 amide bonds. The standard InChI is InChI=1S/C13H8FN3O3S/c14-9-2-1-3-10(8(9)6-15)16-13(20)17-11-7(12(18)19)4-5-21-11/h1-5H,(H,18,19)(H2,16,17,20). The molecule has 106 valence electrons. The van der Waals surface area contributed by atoms with Crippen LogP contribution in [0.25, 0.3) is 0 Å². The van der Waals surface area contributed by atoms with Gasteiger partial charge in [0.05, 0.1) is 11.3 Å². The molecule has 0 aliphatic heterocycles. The molecule has 2 rings (SSSR count). The van der Waals surface area contributed by atoms with E-state index >= 15 is 0 Å². The van der Waals surface area contributed by atoms with Crippen molar-refractivity contribution in [3.05, 3.63) is 46.6 Å². The molecular formula is C13H8FN3O3S. The van der Waals surface area contributed by atoms with Crippen LogP contribution in [0, 0.1) is 17.1 Å². The number of hydrogen-bond donors (Lipinski definition) is 3. The molecule has 0 aliphatic rings. The molecule has 1 heterocycles. The second kappa shape index (κ2) is 6.02. The first-order chi connectivity index (χ1) is 10.0. The second-order valence-corrected chi connectivity index (χ2v) is 4.74. The number of urea groups is 1. The molecule has 0 atom stereocenters. The van der Waals surface area contributed by atoms with E-state index in [0.29, 0.717) is 0 Å². The van der Waals surface area contributed by atoms with E-state index in [1.807, 2.05) is 0 Å². The summed E-state index contributed by atoms with van der Waals surface area (Å²) < 4.78 is 13.4. The summed E-state index contributed by atoms with van der Waals surface area (Å²) in [5, 5.41) is 24.1. The Morgan fingerprint density at radius 3 is 2.71 bits per heavy atom. The lowest BCUT2D eigenvalue weighted by molar-refractivity contribution is 0.0698. The number of anilines is 2. The summed E-state index contributed by atoms with van der Waals surface area (Å²) in [6.45, 7) is 0. The highest BCUT2D eigenvalue weighted by molar-refractivity contribution is 7.14. The Kier molecular flexibility index (Phi) is 4.15. The van der Waals surface area contributed by atoms with Crippen LogP contribution in [0.1, 0.15) is 15.9 Å². The Morgan fingerprint density at radius 1 is 1.29 bits per heavy atom. The summed E-state index contributed by atoms with van der Waals surface area (Å²) in [5.41, 5.74) is -0.337. The van der Waals surface area contributed by atoms with Crippen molar-refractivity contribution in [2.24, 2.45) is 0 Å². The first kappa shape index (κ1) is 14.5. The molecular weight excluding hydrogens is 297 g/mol. The van der Waals surface area contributed by atoms with Crippen LogP contribution in [-0.2, 0) is 0 Å². The van der Waals surface area contributed by atoms with Crippen molar-refractivity contribution >= 4 is 34.0 Å². The zero-order valence-electron chi connectivity index (χ0n) is 10.4. The van der Waals surface area contributed by atoms with Crippen molar-refractivity contribution in [3.8, 4) is 6.07 Å². The van der Waals surface area contributed by atoms with E-state index in [1.54, 1.807) is 6.07 Å². The number of nitriles is 1. The maximum Gasteiger partial charge on any atom is 0.338 e. The highest BCUT2D eigenvalue weighted by Gasteiger charge is 2.15. The number of aromatic carboxylic acids is 1. The van der Waals surface area contributed by atoms with Gasteiger partial charge in [0.2, 0.25) is 0 Å². The van der Waals surface area contributed by atoms with Crippen LogP contribution < -0.4 is 10.6 Å². The van der Waals surface area contributed by atoms with Crippen molar-refractivity contribution in [1.29, 1.82) is 5.26 Å². The van der Waals surface area contributed by atoms with Gasteiger partial charge in [-0.3, -0.25) is 5.32 Å². The molecule has 0 bridgehead atoms. The fourth-order valence-electron chi connectivity index (χ4n) is 1.57. The van der Waals surface area contributed by atoms with Gasteiger partial charge in [-0.25, -0.2) is 14.0 Å². The molecule has 0 fully saturated rings. The lowest BCUT2D eigenvalue weighted by Gasteiger charge is -2.08. The molecule has 8 heteroatoms. The predicted octanol–water partition coefficient (Wildman–Crippen LogP) is 3.10. The lowest BCUT2D eigenvalue weighted by Crippen LogP contribution is -2.20. The van der Waals surface area contributed by atoms with E-state index < -0.39 is 17.8 Å². The van der Waals surface area contributed by atoms with Gasteiger partial charge >= 0.3 is 12.0 Å². The topological polar surface area (TPSA) is 102 Å². The largest absolute Gasteiger partial charge is 0.478 e. The average Bonchev–Trinajstić information content (AvgIpc) is 2.87. The number of nitrogens with one attached hydrogen (secondary N) is 2. The fourth-order valence-corrected chi connectivity index (χ4v) is 2.35. The molecule has 0 radical (unpaired) electrons. The average molecular weight is 305 g/mol. The predicted molar refractivity (Wildman–Crippen MR) is 75.0 cm³/mol. The van der Waals surface area contributed by atoms with Crippen LogP contribution in [0.4, 0.5) is 19.9 Å². The Balaban J connectivity index is 2.16. The quantitative estimate of drug-likeness (QED) is 0.810. The Morgan fingerprint density at radius 2 is 2.05 bits per heavy atom. The van der Waals surface area contributed by atoms with Gasteiger partial charge in [-0.1, -0.05) is 6.07 Å². The molecule has 21 heavy (non-hydrogen) atoms. The number of amides is 2. The highest BCUT2D eigenvalue weighted by atomic mass is 32.1. The monoisotopic (exact) mass is 305 g/mol. The van der Waals surface area contributed by atoms with Gasteiger partial charge in [-0.05, 0) is 23.6 Å². The van der Waals surface area contributed by atoms with Gasteiger partial charge in [0.1, 0.15) is 22.5 Å². The summed E-state index contributed by atoms with van der Waals surface area (Å²) in [6.07, 6.45) is 0. The Labute approximate surface area is 122 Å². The molecule has 3 N–H and O–H groups in total. The summed E-state index contributed by atoms with van der Waals surface area (Å²) in [4.78, 5) is 22.7. The number of carboxylic acids is 1. The number of halogens is 1. The summed E-state index contributed by atoms with van der Waals surface area (Å²) >= 11 is 1.04. The molecule has 2 aromatic rings. The summed E-state index contributed by atoms with van der Waals surface area (Å²) in [7, 11) is 0. The molecule has 1 aromatic carbocycles. The van der Waals surface area contributed by atoms with Gasteiger partial charge in [0.15, 0.2) is 0 Å². The number of benzene rings is 1. The van der Waals surface area contributed by atoms with Crippen LogP contribution >= 0.6 is 11.3 Å². The van der Waals surface area contributed by atoms with Gasteiger partial charge in [0, 0.05) is 0 Å². The molecule has 1 aromatic heterocycles. The van der Waals surface area contributed by atoms with E-state index in [0.717, 1.165) is 17.4 Å². The normalized spacial score (nSPS) is 9.71. The minimum Gasteiger partial charge on any atom is -0.478 e. The van der Waals surface area contributed by atoms with Gasteiger partial charge in [-0.2, -0.15) is 5.26 Å². The first-order valence-corrected chi connectivity index (χ1v) is 6.48. The van der Waals surface area contributed by atoms with Crippen LogP contribution in [0.2, 0.25) is 0 Å². The van der Waals surface area contributed by atoms with Crippen molar-refractivity contribution in [2.45, 2.75) is 0 Å². The SMILES string of the molecule is N#Cc1c(F)cccc1NC(=O)Nc1sccc1C(=O)O. The smallest absolute Gasteiger partial charge is 0.338 e. The highest BCUT2D eigenvalue weighted by Crippen LogP contribution is 2.24. The van der Waals surface area contributed by atoms with Gasteiger partial charge < -0.3 is 10.4 Å². The molecule has 0 saturated heterocycles. The number of rotatable bonds is 3. The second-order valence-electron chi connectivity index (χ2n) is 3.82. The number of carbonyl (C=O) groups excluding carboxylic acids is 1. The third-order valence-corrected chi connectivity index (χ3v) is 3.33. The van der Waals surface area contributed by atoms with Crippen LogP contribution in [0.3, 0.4) is 0 Å². The first-order valence-electron chi connectivity index (χ1n) is 5.60. The van der Waals surface area contributed by atoms with Crippen molar-refractivity contribution in [3.63, 3.8) is 0 Å². The number of nitrogens with zero attached hydrogens (tertiary/aromatic N) is 1. The van der Waals surface area contributed by atoms with E-state index in [1.165, 1.54) is 23.6 Å². The third kappa shape index (κ3) is 3.16. The summed E-state index contributed by atoms with van der Waals surface area (Å²) in [6, 6.07) is 6.06. The number of carbonyl (C=O) groups is 2. The number of hydrogen-bond acceptors (Lipinski definition) is 4. The van der Waals surface area contributed by atoms with Crippen molar-refractivity contribution in [2.75, 3.05) is 10.6 Å². The van der Waals surface area contributed by atoms with Crippen LogP contribution in [0.5, 0.6) is 0 Å². The third-order valence-electron chi connectivity index (χ3n) is 2.50. The van der Waals surface area contributed by atoms with Gasteiger partial charge in [0.25, 0.3) is 0 Å². The lowest BCUT2D eigenvalue weighted by atomic mass is 10.2. The van der Waals surface area contributed by atoms with E-state index in [9.17, 15) is 14.0 Å². The van der Waals surface area contributed by atoms with Crippen molar-refractivity contribution in [1.82, 2.24) is 0 Å². The maximum absolute atomic E-state index is 13.4. The fraction of sp³-hybridized carbons (Fsp3) is 0. The minimum absolute atomic E-state index is 0.00318. The van der Waals surface area contributed by atoms with Crippen molar-refractivity contribution < 1.29 is 19.1 Å². The van der Waals surface area contributed by atoms with E-state index in [4.69, 9.17) is 10.4 Å². The van der Waals surface area contributed by atoms with E-state index in [-0.39, 0.29) is 21.8 Å². The number of carboxylic acid groups (broad SMARTS) is 1. The molecule has 6 nitrogen and oxygen atoms in total. The Bertz CT molecular complexity index is 751. The van der Waals surface area contributed by atoms with Crippen LogP contribution in [0.15, 0.2) is 29.6 Å². The van der Waals surface area contributed by atoms with E-state index in [2.05, 4.69) is 10.6 Å².